The van der Waals surface area contributed by atoms with Gasteiger partial charge in [0.1, 0.15) is 23.1 Å². The number of rotatable bonds is 15. The smallest absolute Gasteiger partial charge is 0.253 e. The van der Waals surface area contributed by atoms with E-state index in [1.165, 1.54) is 0 Å². The number of likely N-dealkylation sites (tertiary alicyclic amines) is 1. The van der Waals surface area contributed by atoms with Crippen molar-refractivity contribution in [1.29, 1.82) is 0 Å². The van der Waals surface area contributed by atoms with E-state index < -0.39 is 35.1 Å². The Balaban J connectivity index is 1.61. The van der Waals surface area contributed by atoms with Crippen molar-refractivity contribution in [2.24, 2.45) is 17.8 Å². The highest BCUT2D eigenvalue weighted by Gasteiger charge is 2.79. The van der Waals surface area contributed by atoms with Crippen molar-refractivity contribution >= 4 is 29.1 Å². The second-order valence-electron chi connectivity index (χ2n) is 13.2. The van der Waals surface area contributed by atoms with Gasteiger partial charge in [-0.15, -0.1) is 13.2 Å². The molecule has 1 spiro atoms. The molecule has 258 valence electrons. The lowest BCUT2D eigenvalue weighted by atomic mass is 9.66. The van der Waals surface area contributed by atoms with Crippen LogP contribution in [0.1, 0.15) is 47.0 Å². The maximum absolute atomic E-state index is 15.0. The van der Waals surface area contributed by atoms with Gasteiger partial charge in [-0.05, 0) is 81.1 Å². The molecule has 3 aliphatic rings. The minimum Gasteiger partial charge on any atom is -0.497 e. The van der Waals surface area contributed by atoms with Crippen molar-refractivity contribution in [3.8, 4) is 11.5 Å². The third kappa shape index (κ3) is 5.79. The highest BCUT2D eigenvalue weighted by atomic mass is 16.5. The van der Waals surface area contributed by atoms with Crippen LogP contribution < -0.4 is 19.3 Å². The molecule has 1 N–H and O–H groups in total. The molecule has 3 aliphatic heterocycles. The first-order chi connectivity index (χ1) is 23.0. The monoisotopic (exact) mass is 659 g/mol. The van der Waals surface area contributed by atoms with Crippen molar-refractivity contribution in [3.63, 3.8) is 0 Å². The van der Waals surface area contributed by atoms with Crippen molar-refractivity contribution < 1.29 is 33.7 Å². The lowest BCUT2D eigenvalue weighted by Crippen LogP contribution is -2.60. The van der Waals surface area contributed by atoms with Crippen molar-refractivity contribution in [1.82, 2.24) is 4.90 Å². The summed E-state index contributed by atoms with van der Waals surface area (Å²) in [4.78, 5) is 49.5. The van der Waals surface area contributed by atoms with Crippen molar-refractivity contribution in [2.75, 3.05) is 43.2 Å². The van der Waals surface area contributed by atoms with Crippen LogP contribution >= 0.6 is 0 Å². The van der Waals surface area contributed by atoms with Crippen LogP contribution in [0, 0.1) is 17.8 Å². The number of methoxy groups -OCH3 is 1. The topological polar surface area (TPSA) is 109 Å². The number of carbonyl (C=O) groups is 3. The molecule has 0 aliphatic carbocycles. The summed E-state index contributed by atoms with van der Waals surface area (Å²) in [6.07, 6.45) is 4.88. The number of ether oxygens (including phenoxy) is 3. The van der Waals surface area contributed by atoms with Gasteiger partial charge in [-0.1, -0.05) is 32.4 Å². The SMILES string of the molecule is C=CCN(C(=O)C1N([C@@H](CO)[C@@H](C)CC)C(=O)[C@@H]2[C@@H](C(=O)N(CC=C)c3ccc(OCC)cc3)[C@@]3(C)CCC12O3)c1ccc(OC)cc1. The van der Waals surface area contributed by atoms with E-state index in [0.717, 1.165) is 0 Å². The Morgan fingerprint density at radius 1 is 1.00 bits per heavy atom. The summed E-state index contributed by atoms with van der Waals surface area (Å²) in [6.45, 7) is 16.1. The molecule has 0 radical (unpaired) electrons. The van der Waals surface area contributed by atoms with E-state index in [1.54, 1.807) is 58.2 Å². The van der Waals surface area contributed by atoms with E-state index in [-0.39, 0.29) is 43.3 Å². The van der Waals surface area contributed by atoms with Crippen molar-refractivity contribution in [3.05, 3.63) is 73.8 Å². The molecule has 3 saturated heterocycles. The van der Waals surface area contributed by atoms with Gasteiger partial charge in [-0.25, -0.2) is 0 Å². The summed E-state index contributed by atoms with van der Waals surface area (Å²) in [5.41, 5.74) is -1.00. The van der Waals surface area contributed by atoms with Crippen LogP contribution in [0.2, 0.25) is 0 Å². The maximum atomic E-state index is 15.0. The number of benzene rings is 2. The summed E-state index contributed by atoms with van der Waals surface area (Å²) in [6, 6.07) is 12.7. The van der Waals surface area contributed by atoms with E-state index in [0.29, 0.717) is 48.7 Å². The summed E-state index contributed by atoms with van der Waals surface area (Å²) < 4.78 is 17.9. The first kappa shape index (κ1) is 35.2. The summed E-state index contributed by atoms with van der Waals surface area (Å²) in [5.74, 6) is -1.54. The molecule has 10 heteroatoms. The molecule has 7 atom stereocenters. The van der Waals surface area contributed by atoms with Crippen LogP contribution in [0.15, 0.2) is 73.8 Å². The van der Waals surface area contributed by atoms with E-state index in [4.69, 9.17) is 14.2 Å². The summed E-state index contributed by atoms with van der Waals surface area (Å²) >= 11 is 0. The Hall–Kier alpha value is -4.15. The van der Waals surface area contributed by atoms with Gasteiger partial charge in [0.05, 0.1) is 43.8 Å². The zero-order valence-corrected chi connectivity index (χ0v) is 28.8. The number of hydrogen-bond acceptors (Lipinski definition) is 7. The van der Waals surface area contributed by atoms with Gasteiger partial charge in [0.2, 0.25) is 11.8 Å². The summed E-state index contributed by atoms with van der Waals surface area (Å²) in [7, 11) is 1.57. The molecule has 5 rings (SSSR count). The molecule has 2 aromatic rings. The van der Waals surface area contributed by atoms with Gasteiger partial charge in [-0.2, -0.15) is 0 Å². The molecule has 3 heterocycles. The van der Waals surface area contributed by atoms with E-state index in [9.17, 15) is 19.5 Å². The van der Waals surface area contributed by atoms with Crippen LogP contribution in [0.4, 0.5) is 11.4 Å². The zero-order valence-electron chi connectivity index (χ0n) is 28.8. The number of aliphatic hydroxyl groups excluding tert-OH is 1. The minimum absolute atomic E-state index is 0.124. The minimum atomic E-state index is -1.27. The molecule has 10 nitrogen and oxygen atoms in total. The standard InChI is InChI=1S/C38H49N3O7/c1-8-22-39(26-14-18-29(19-15-26)47-11-4)34(43)31-32-35(44)41(30(24-42)25(5)10-3)33(38(32)21-20-37(31,6)48-38)36(45)40(23-9-2)27-12-16-28(46-7)17-13-27/h8-9,12-19,25,30-33,42H,1-2,10-11,20-24H2,3-7H3/t25-,30-,31-,32-,33?,37+,38?/m0/s1. The first-order valence-corrected chi connectivity index (χ1v) is 16.9. The Bertz CT molecular complexity index is 1510. The number of anilines is 2. The lowest BCUT2D eigenvalue weighted by Gasteiger charge is -2.41. The van der Waals surface area contributed by atoms with Crippen LogP contribution in [0.3, 0.4) is 0 Å². The molecule has 0 aromatic heterocycles. The molecular weight excluding hydrogens is 610 g/mol. The Kier molecular flexibility index (Phi) is 10.4. The largest absolute Gasteiger partial charge is 0.497 e. The zero-order chi connectivity index (χ0) is 34.8. The number of carbonyl (C=O) groups excluding carboxylic acids is 3. The Morgan fingerprint density at radius 2 is 1.56 bits per heavy atom. The number of amides is 3. The average molecular weight is 660 g/mol. The fraction of sp³-hybridized carbons (Fsp3) is 0.500. The van der Waals surface area contributed by atoms with Gasteiger partial charge in [0.25, 0.3) is 5.91 Å². The quantitative estimate of drug-likeness (QED) is 0.268. The highest BCUT2D eigenvalue weighted by Crippen LogP contribution is 2.64. The number of hydrogen-bond donors (Lipinski definition) is 1. The molecule has 2 bridgehead atoms. The lowest BCUT2D eigenvalue weighted by molar-refractivity contribution is -0.149. The van der Waals surface area contributed by atoms with Gasteiger partial charge in [0, 0.05) is 24.5 Å². The number of aliphatic hydroxyl groups is 1. The normalized spacial score (nSPS) is 26.8. The Labute approximate surface area is 283 Å². The molecule has 0 saturated carbocycles. The fourth-order valence-electron chi connectivity index (χ4n) is 8.06. The maximum Gasteiger partial charge on any atom is 0.253 e. The predicted molar refractivity (Wildman–Crippen MR) is 185 cm³/mol. The van der Waals surface area contributed by atoms with Crippen molar-refractivity contribution in [2.45, 2.75) is 70.2 Å². The first-order valence-electron chi connectivity index (χ1n) is 16.9. The average Bonchev–Trinajstić information content (AvgIpc) is 3.67. The third-order valence-corrected chi connectivity index (χ3v) is 10.6. The molecule has 2 aromatic carbocycles. The van der Waals surface area contributed by atoms with Crippen LogP contribution in [0.25, 0.3) is 0 Å². The molecule has 48 heavy (non-hydrogen) atoms. The molecule has 3 amide bonds. The van der Waals surface area contributed by atoms with Crippen LogP contribution in [-0.4, -0.2) is 84.4 Å². The predicted octanol–water partition coefficient (Wildman–Crippen LogP) is 5.00. The van der Waals surface area contributed by atoms with E-state index in [2.05, 4.69) is 13.2 Å². The third-order valence-electron chi connectivity index (χ3n) is 10.6. The number of nitrogens with zero attached hydrogens (tertiary/aromatic N) is 3. The molecule has 3 fully saturated rings. The second kappa shape index (κ2) is 14.1. The number of fused-ring (bicyclic) bond motifs is 1. The van der Waals surface area contributed by atoms with Gasteiger partial charge in [-0.3, -0.25) is 14.4 Å². The molecular formula is C38H49N3O7. The van der Waals surface area contributed by atoms with Gasteiger partial charge < -0.3 is 34.0 Å². The highest BCUT2D eigenvalue weighted by molar-refractivity contribution is 6.07. The van der Waals surface area contributed by atoms with E-state index in [1.807, 2.05) is 52.0 Å². The Morgan fingerprint density at radius 3 is 2.06 bits per heavy atom. The van der Waals surface area contributed by atoms with Gasteiger partial charge in [0.15, 0.2) is 0 Å². The van der Waals surface area contributed by atoms with Gasteiger partial charge >= 0.3 is 0 Å². The van der Waals surface area contributed by atoms with E-state index >= 15 is 0 Å². The van der Waals surface area contributed by atoms with Crippen LogP contribution in [-0.2, 0) is 19.1 Å². The summed E-state index contributed by atoms with van der Waals surface area (Å²) in [5, 5.41) is 10.8. The molecule has 2 unspecified atom stereocenters. The second-order valence-corrected chi connectivity index (χ2v) is 13.2. The fourth-order valence-corrected chi connectivity index (χ4v) is 8.06. The van der Waals surface area contributed by atoms with Crippen LogP contribution in [0.5, 0.6) is 11.5 Å².